The van der Waals surface area contributed by atoms with E-state index in [4.69, 9.17) is 4.74 Å². The molecule has 12 heteroatoms. The molecule has 3 atom stereocenters. The van der Waals surface area contributed by atoms with Crippen LogP contribution in [-0.4, -0.2) is 70.5 Å². The lowest BCUT2D eigenvalue weighted by molar-refractivity contribution is -0.138. The molecule has 3 amide bonds. The molecule has 2 N–H and O–H groups in total. The van der Waals surface area contributed by atoms with Gasteiger partial charge >= 0.3 is 6.18 Å². The van der Waals surface area contributed by atoms with E-state index in [2.05, 4.69) is 15.2 Å². The molecule has 208 valence electrons. The molecule has 0 radical (unpaired) electrons. The van der Waals surface area contributed by atoms with Crippen LogP contribution < -0.4 is 5.32 Å². The van der Waals surface area contributed by atoms with Crippen molar-refractivity contribution in [3.63, 3.8) is 0 Å². The molecular formula is C27H29F3N4O5. The lowest BCUT2D eigenvalue weighted by Gasteiger charge is -2.44. The number of imide groups is 1. The van der Waals surface area contributed by atoms with E-state index in [1.165, 1.54) is 24.1 Å². The standard InChI is InChI=1S/C27H29F3N4O5/c1-39-15-18-13-33(12-16-2-4-17(5-3-16)27(28,29)30)11-10-26(18,38)22-8-6-19-20(31-22)14-34(25(19)37)21-7-9-23(35)32-24(21)36/h2-6,8,18,21,38H,7,9-15H2,1H3,(H,32,35,36). The van der Waals surface area contributed by atoms with Gasteiger partial charge in [0.2, 0.25) is 11.8 Å². The van der Waals surface area contributed by atoms with Crippen LogP contribution in [0.1, 0.15) is 52.1 Å². The Labute approximate surface area is 222 Å². The van der Waals surface area contributed by atoms with Crippen LogP contribution in [0.4, 0.5) is 13.2 Å². The van der Waals surface area contributed by atoms with Gasteiger partial charge in [-0.2, -0.15) is 13.2 Å². The Morgan fingerprint density at radius 3 is 2.56 bits per heavy atom. The van der Waals surface area contributed by atoms with E-state index in [1.54, 1.807) is 12.1 Å². The Bertz CT molecular complexity index is 1290. The number of piperidine rings is 2. The van der Waals surface area contributed by atoms with Crippen LogP contribution in [0.3, 0.4) is 0 Å². The molecular weight excluding hydrogens is 517 g/mol. The van der Waals surface area contributed by atoms with E-state index >= 15 is 0 Å². The first kappa shape index (κ1) is 27.2. The number of hydrogen-bond acceptors (Lipinski definition) is 7. The summed E-state index contributed by atoms with van der Waals surface area (Å²) in [7, 11) is 1.53. The number of alkyl halides is 3. The molecule has 0 bridgehead atoms. The van der Waals surface area contributed by atoms with Gasteiger partial charge in [0.1, 0.15) is 11.6 Å². The summed E-state index contributed by atoms with van der Waals surface area (Å²) in [6.07, 6.45) is -3.70. The number of nitrogens with zero attached hydrogens (tertiary/aromatic N) is 3. The fraction of sp³-hybridized carbons (Fsp3) is 0.481. The first-order chi connectivity index (χ1) is 18.5. The van der Waals surface area contributed by atoms with Gasteiger partial charge in [0.15, 0.2) is 0 Å². The molecule has 3 unspecified atom stereocenters. The minimum absolute atomic E-state index is 0.0966. The number of hydrogen-bond donors (Lipinski definition) is 2. The summed E-state index contributed by atoms with van der Waals surface area (Å²) in [6.45, 7) is 1.63. The SMILES string of the molecule is COCC1CN(Cc2ccc(C(F)(F)F)cc2)CCC1(O)c1ccc2c(n1)CN(C1CCC(=O)NC1=O)C2=O. The normalized spacial score (nSPS) is 26.1. The molecule has 2 saturated heterocycles. The molecule has 0 aliphatic carbocycles. The molecule has 3 aliphatic rings. The summed E-state index contributed by atoms with van der Waals surface area (Å²) in [6, 6.07) is 7.53. The zero-order valence-electron chi connectivity index (χ0n) is 21.3. The van der Waals surface area contributed by atoms with Gasteiger partial charge in [-0.05, 0) is 42.7 Å². The van der Waals surface area contributed by atoms with Crippen molar-refractivity contribution in [2.24, 2.45) is 5.92 Å². The Balaban J connectivity index is 1.31. The number of aromatic nitrogens is 1. The van der Waals surface area contributed by atoms with Crippen molar-refractivity contribution in [1.29, 1.82) is 0 Å². The molecule has 3 aliphatic heterocycles. The van der Waals surface area contributed by atoms with E-state index in [-0.39, 0.29) is 43.7 Å². The number of fused-ring (bicyclic) bond motifs is 1. The Morgan fingerprint density at radius 1 is 1.15 bits per heavy atom. The van der Waals surface area contributed by atoms with E-state index in [1.807, 2.05) is 0 Å². The van der Waals surface area contributed by atoms with E-state index in [9.17, 15) is 32.7 Å². The van der Waals surface area contributed by atoms with Gasteiger partial charge in [0.25, 0.3) is 5.91 Å². The molecule has 0 spiro atoms. The van der Waals surface area contributed by atoms with E-state index < -0.39 is 29.3 Å². The summed E-state index contributed by atoms with van der Waals surface area (Å²) >= 11 is 0. The number of ether oxygens (including phenoxy) is 1. The van der Waals surface area contributed by atoms with Gasteiger partial charge in [0, 0.05) is 39.1 Å². The second-order valence-electron chi connectivity index (χ2n) is 10.3. The minimum Gasteiger partial charge on any atom is -0.384 e. The van der Waals surface area contributed by atoms with Gasteiger partial charge in [-0.15, -0.1) is 0 Å². The Morgan fingerprint density at radius 2 is 1.90 bits per heavy atom. The van der Waals surface area contributed by atoms with Crippen molar-refractivity contribution in [3.05, 3.63) is 64.5 Å². The van der Waals surface area contributed by atoms with Crippen LogP contribution in [0.15, 0.2) is 36.4 Å². The monoisotopic (exact) mass is 546 g/mol. The number of amides is 3. The Kier molecular flexibility index (Phi) is 7.21. The van der Waals surface area contributed by atoms with Crippen LogP contribution in [-0.2, 0) is 39.2 Å². The predicted molar refractivity (Wildman–Crippen MR) is 131 cm³/mol. The molecule has 39 heavy (non-hydrogen) atoms. The van der Waals surface area contributed by atoms with Crippen molar-refractivity contribution < 1.29 is 37.4 Å². The zero-order valence-corrected chi connectivity index (χ0v) is 21.3. The molecule has 0 saturated carbocycles. The largest absolute Gasteiger partial charge is 0.416 e. The van der Waals surface area contributed by atoms with Crippen molar-refractivity contribution in [2.45, 2.75) is 50.2 Å². The minimum atomic E-state index is -4.39. The van der Waals surface area contributed by atoms with Gasteiger partial charge in [-0.25, -0.2) is 0 Å². The first-order valence-electron chi connectivity index (χ1n) is 12.7. The van der Waals surface area contributed by atoms with Crippen LogP contribution in [0.5, 0.6) is 0 Å². The number of carbonyl (C=O) groups is 3. The maximum Gasteiger partial charge on any atom is 0.416 e. The molecule has 4 heterocycles. The van der Waals surface area contributed by atoms with Crippen molar-refractivity contribution in [1.82, 2.24) is 20.1 Å². The second kappa shape index (κ2) is 10.3. The fourth-order valence-corrected chi connectivity index (χ4v) is 5.69. The maximum atomic E-state index is 13.0. The highest BCUT2D eigenvalue weighted by Crippen LogP contribution is 2.39. The second-order valence-corrected chi connectivity index (χ2v) is 10.3. The number of likely N-dealkylation sites (tertiary alicyclic amines) is 1. The number of methoxy groups -OCH3 is 1. The molecule has 2 fully saturated rings. The number of halogens is 3. The highest BCUT2D eigenvalue weighted by molar-refractivity contribution is 6.05. The Hall–Kier alpha value is -3.35. The summed E-state index contributed by atoms with van der Waals surface area (Å²) < 4.78 is 44.1. The summed E-state index contributed by atoms with van der Waals surface area (Å²) in [5, 5.41) is 14.1. The van der Waals surface area contributed by atoms with Crippen molar-refractivity contribution >= 4 is 17.7 Å². The molecule has 2 aromatic rings. The molecule has 9 nitrogen and oxygen atoms in total. The van der Waals surface area contributed by atoms with E-state index in [0.717, 1.165) is 17.7 Å². The summed E-state index contributed by atoms with van der Waals surface area (Å²) in [5.74, 6) is -1.60. The third-order valence-electron chi connectivity index (χ3n) is 7.83. The summed E-state index contributed by atoms with van der Waals surface area (Å²) in [5.41, 5.74) is -0.113. The van der Waals surface area contributed by atoms with Crippen molar-refractivity contribution in [3.8, 4) is 0 Å². The number of nitrogens with one attached hydrogen (secondary N) is 1. The topological polar surface area (TPSA) is 112 Å². The van der Waals surface area contributed by atoms with Gasteiger partial charge in [0.05, 0.1) is 35.7 Å². The van der Waals surface area contributed by atoms with Crippen LogP contribution in [0.25, 0.3) is 0 Å². The molecule has 1 aromatic heterocycles. The van der Waals surface area contributed by atoms with Crippen molar-refractivity contribution in [2.75, 3.05) is 26.8 Å². The molecule has 5 rings (SSSR count). The number of carbonyl (C=O) groups excluding carboxylic acids is 3. The van der Waals surface area contributed by atoms with Crippen LogP contribution >= 0.6 is 0 Å². The number of pyridine rings is 1. The summed E-state index contributed by atoms with van der Waals surface area (Å²) in [4.78, 5) is 45.0. The average Bonchev–Trinajstić information content (AvgIpc) is 3.21. The van der Waals surface area contributed by atoms with Gasteiger partial charge < -0.3 is 14.7 Å². The van der Waals surface area contributed by atoms with Gasteiger partial charge in [-0.1, -0.05) is 12.1 Å². The number of aliphatic hydroxyl groups is 1. The van der Waals surface area contributed by atoms with Crippen LogP contribution in [0.2, 0.25) is 0 Å². The fourth-order valence-electron chi connectivity index (χ4n) is 5.69. The highest BCUT2D eigenvalue weighted by Gasteiger charge is 2.46. The highest BCUT2D eigenvalue weighted by atomic mass is 19.4. The van der Waals surface area contributed by atoms with E-state index in [0.29, 0.717) is 43.0 Å². The maximum absolute atomic E-state index is 13.0. The predicted octanol–water partition coefficient (Wildman–Crippen LogP) is 2.22. The quantitative estimate of drug-likeness (QED) is 0.535. The van der Waals surface area contributed by atoms with Crippen LogP contribution in [0, 0.1) is 5.92 Å². The smallest absolute Gasteiger partial charge is 0.384 e. The third-order valence-corrected chi connectivity index (χ3v) is 7.83. The number of benzene rings is 1. The lowest BCUT2D eigenvalue weighted by Crippen LogP contribution is -2.52. The lowest BCUT2D eigenvalue weighted by atomic mass is 9.78. The van der Waals surface area contributed by atoms with Gasteiger partial charge in [-0.3, -0.25) is 29.6 Å². The number of rotatable bonds is 6. The average molecular weight is 547 g/mol. The third kappa shape index (κ3) is 5.28. The first-order valence-corrected chi connectivity index (χ1v) is 12.7. The molecule has 1 aromatic carbocycles. The zero-order chi connectivity index (χ0) is 27.9.